The minimum Gasteiger partial charge on any atom is -0.338 e. The lowest BCUT2D eigenvalue weighted by Gasteiger charge is -2.02. The maximum absolute atomic E-state index is 4.86. The van der Waals surface area contributed by atoms with E-state index >= 15 is 0 Å². The lowest BCUT2D eigenvalue weighted by atomic mass is 10.1. The number of aromatic nitrogens is 8. The number of aryl methyl sites for hydroxylation is 1. The summed E-state index contributed by atoms with van der Waals surface area (Å²) in [6.07, 6.45) is 9.12. The average molecular weight is 392 g/mol. The Bertz CT molecular complexity index is 1510. The van der Waals surface area contributed by atoms with Gasteiger partial charge in [0.1, 0.15) is 16.9 Å². The molecule has 0 fully saturated rings. The van der Waals surface area contributed by atoms with E-state index in [-0.39, 0.29) is 0 Å². The van der Waals surface area contributed by atoms with Crippen LogP contribution in [0.3, 0.4) is 0 Å². The summed E-state index contributed by atoms with van der Waals surface area (Å²) in [5, 5.41) is 8.59. The van der Waals surface area contributed by atoms with Crippen molar-refractivity contribution in [3.8, 4) is 28.3 Å². The zero-order valence-electron chi connectivity index (χ0n) is 16.0. The van der Waals surface area contributed by atoms with Crippen LogP contribution in [0.25, 0.3) is 50.4 Å². The van der Waals surface area contributed by atoms with Gasteiger partial charge in [0, 0.05) is 35.7 Å². The van der Waals surface area contributed by atoms with Crippen LogP contribution in [0.4, 0.5) is 0 Å². The van der Waals surface area contributed by atoms with Crippen molar-refractivity contribution < 1.29 is 0 Å². The van der Waals surface area contributed by atoms with Gasteiger partial charge in [-0.25, -0.2) is 15.0 Å². The highest BCUT2D eigenvalue weighted by atomic mass is 15.1. The third kappa shape index (κ3) is 2.58. The molecule has 0 aliphatic heterocycles. The van der Waals surface area contributed by atoms with Gasteiger partial charge in [-0.15, -0.1) is 0 Å². The van der Waals surface area contributed by atoms with E-state index in [1.807, 2.05) is 54.3 Å². The maximum atomic E-state index is 4.86. The van der Waals surface area contributed by atoms with Crippen molar-refractivity contribution in [2.24, 2.45) is 0 Å². The molecule has 0 aromatic carbocycles. The first kappa shape index (κ1) is 16.6. The molecule has 2 N–H and O–H groups in total. The summed E-state index contributed by atoms with van der Waals surface area (Å²) in [4.78, 5) is 21.2. The molecule has 0 unspecified atom stereocenters. The fraction of sp³-hybridized carbons (Fsp3) is 0.0455. The van der Waals surface area contributed by atoms with Gasteiger partial charge in [-0.05, 0) is 43.3 Å². The summed E-state index contributed by atoms with van der Waals surface area (Å²) in [6.45, 7) is 1.97. The zero-order chi connectivity index (χ0) is 20.1. The molecule has 0 aliphatic carbocycles. The number of aromatic amines is 2. The molecular weight excluding hydrogens is 376 g/mol. The van der Waals surface area contributed by atoms with Gasteiger partial charge in [0.05, 0.1) is 34.6 Å². The molecule has 8 nitrogen and oxygen atoms in total. The molecule has 0 bridgehead atoms. The Hall–Kier alpha value is -4.33. The molecule has 0 radical (unpaired) electrons. The van der Waals surface area contributed by atoms with E-state index in [0.717, 1.165) is 56.1 Å². The molecule has 0 amide bonds. The predicted molar refractivity (Wildman–Crippen MR) is 114 cm³/mol. The summed E-state index contributed by atoms with van der Waals surface area (Å²) < 4.78 is 2.00. The molecule has 8 heteroatoms. The Labute approximate surface area is 170 Å². The van der Waals surface area contributed by atoms with Gasteiger partial charge in [0.15, 0.2) is 0 Å². The molecule has 0 aliphatic rings. The fourth-order valence-corrected chi connectivity index (χ4v) is 3.69. The van der Waals surface area contributed by atoms with Crippen LogP contribution in [0, 0.1) is 6.92 Å². The Morgan fingerprint density at radius 2 is 1.87 bits per heavy atom. The summed E-state index contributed by atoms with van der Waals surface area (Å²) in [5.74, 6) is 0. The Balaban J connectivity index is 1.52. The molecular formula is C22H16N8. The maximum Gasteiger partial charge on any atom is 0.139 e. The highest BCUT2D eigenvalue weighted by molar-refractivity contribution is 5.95. The van der Waals surface area contributed by atoms with Crippen LogP contribution in [0.2, 0.25) is 0 Å². The van der Waals surface area contributed by atoms with E-state index in [1.54, 1.807) is 18.6 Å². The molecule has 0 saturated carbocycles. The second-order valence-corrected chi connectivity index (χ2v) is 7.10. The van der Waals surface area contributed by atoms with Crippen LogP contribution < -0.4 is 0 Å². The normalized spacial score (nSPS) is 11.5. The second kappa shape index (κ2) is 6.35. The van der Waals surface area contributed by atoms with E-state index in [1.165, 1.54) is 0 Å². The molecule has 0 saturated heterocycles. The van der Waals surface area contributed by atoms with Crippen LogP contribution in [-0.2, 0) is 0 Å². The lowest BCUT2D eigenvalue weighted by Crippen LogP contribution is -1.91. The first-order chi connectivity index (χ1) is 14.8. The zero-order valence-corrected chi connectivity index (χ0v) is 16.0. The van der Waals surface area contributed by atoms with Gasteiger partial charge in [0.25, 0.3) is 0 Å². The molecule has 30 heavy (non-hydrogen) atoms. The highest BCUT2D eigenvalue weighted by Gasteiger charge is 2.16. The summed E-state index contributed by atoms with van der Waals surface area (Å²) in [6, 6.07) is 11.9. The second-order valence-electron chi connectivity index (χ2n) is 7.10. The van der Waals surface area contributed by atoms with E-state index in [2.05, 4.69) is 36.2 Å². The van der Waals surface area contributed by atoms with Crippen molar-refractivity contribution >= 4 is 22.1 Å². The predicted octanol–water partition coefficient (Wildman–Crippen LogP) is 4.06. The first-order valence-corrected chi connectivity index (χ1v) is 9.51. The molecule has 0 atom stereocenters. The molecule has 6 rings (SSSR count). The minimum absolute atomic E-state index is 0.756. The SMILES string of the molecule is Cc1cn(-c2ccnc3[nH]c(-c4n[nH]c5ccc(-c6ccncc6)nc45)cc23)cn1. The van der Waals surface area contributed by atoms with Crippen molar-refractivity contribution in [2.75, 3.05) is 0 Å². The Kier molecular flexibility index (Phi) is 3.51. The number of nitrogens with zero attached hydrogens (tertiary/aromatic N) is 6. The first-order valence-electron chi connectivity index (χ1n) is 9.51. The lowest BCUT2D eigenvalue weighted by molar-refractivity contribution is 1.06. The van der Waals surface area contributed by atoms with Gasteiger partial charge in [-0.1, -0.05) is 0 Å². The number of imidazole rings is 1. The smallest absolute Gasteiger partial charge is 0.139 e. The molecule has 6 aromatic rings. The number of H-pyrrole nitrogens is 2. The fourth-order valence-electron chi connectivity index (χ4n) is 3.69. The Morgan fingerprint density at radius 3 is 2.70 bits per heavy atom. The van der Waals surface area contributed by atoms with Crippen molar-refractivity contribution in [3.63, 3.8) is 0 Å². The number of rotatable bonds is 3. The van der Waals surface area contributed by atoms with Crippen molar-refractivity contribution in [3.05, 3.63) is 73.2 Å². The van der Waals surface area contributed by atoms with Crippen LogP contribution in [0.5, 0.6) is 0 Å². The van der Waals surface area contributed by atoms with E-state index in [0.29, 0.717) is 0 Å². The molecule has 6 aromatic heterocycles. The van der Waals surface area contributed by atoms with Crippen LogP contribution in [0.1, 0.15) is 5.69 Å². The van der Waals surface area contributed by atoms with E-state index in [9.17, 15) is 0 Å². The third-order valence-corrected chi connectivity index (χ3v) is 5.14. The largest absolute Gasteiger partial charge is 0.338 e. The topological polar surface area (TPSA) is 101 Å². The minimum atomic E-state index is 0.756. The highest BCUT2D eigenvalue weighted by Crippen LogP contribution is 2.31. The number of fused-ring (bicyclic) bond motifs is 2. The van der Waals surface area contributed by atoms with Crippen LogP contribution in [0.15, 0.2) is 67.5 Å². The van der Waals surface area contributed by atoms with Crippen molar-refractivity contribution in [1.29, 1.82) is 0 Å². The van der Waals surface area contributed by atoms with Gasteiger partial charge in [-0.3, -0.25) is 10.1 Å². The molecule has 6 heterocycles. The van der Waals surface area contributed by atoms with Crippen molar-refractivity contribution in [1.82, 2.24) is 39.7 Å². The Morgan fingerprint density at radius 1 is 0.967 bits per heavy atom. The average Bonchev–Trinajstić information content (AvgIpc) is 3.51. The summed E-state index contributed by atoms with van der Waals surface area (Å²) >= 11 is 0. The van der Waals surface area contributed by atoms with E-state index < -0.39 is 0 Å². The van der Waals surface area contributed by atoms with Gasteiger partial charge < -0.3 is 9.55 Å². The monoisotopic (exact) mass is 392 g/mol. The van der Waals surface area contributed by atoms with Gasteiger partial charge >= 0.3 is 0 Å². The van der Waals surface area contributed by atoms with Crippen LogP contribution >= 0.6 is 0 Å². The number of pyridine rings is 3. The number of nitrogens with one attached hydrogen (secondary N) is 2. The third-order valence-electron chi connectivity index (χ3n) is 5.14. The molecule has 0 spiro atoms. The van der Waals surface area contributed by atoms with E-state index in [4.69, 9.17) is 4.98 Å². The summed E-state index contributed by atoms with van der Waals surface area (Å²) in [5.41, 5.74) is 7.92. The van der Waals surface area contributed by atoms with Crippen LogP contribution in [-0.4, -0.2) is 39.7 Å². The van der Waals surface area contributed by atoms with Gasteiger partial charge in [0.2, 0.25) is 0 Å². The van der Waals surface area contributed by atoms with Gasteiger partial charge in [-0.2, -0.15) is 5.10 Å². The van der Waals surface area contributed by atoms with Crippen molar-refractivity contribution in [2.45, 2.75) is 6.92 Å². The number of hydrogen-bond acceptors (Lipinski definition) is 5. The standard InChI is InChI=1S/C22H16N8/c1-13-11-30(12-25-13)19-6-9-24-22-15(19)10-18(27-22)21-20-17(28-29-21)3-2-16(26-20)14-4-7-23-8-5-14/h2-12H,1H3,(H,24,27)(H,28,29). The summed E-state index contributed by atoms with van der Waals surface area (Å²) in [7, 11) is 0. The quantitative estimate of drug-likeness (QED) is 0.473. The molecule has 144 valence electrons. The number of hydrogen-bond donors (Lipinski definition) is 2.